The van der Waals surface area contributed by atoms with E-state index in [9.17, 15) is 13.5 Å². The van der Waals surface area contributed by atoms with Gasteiger partial charge in [0.05, 0.1) is 11.5 Å². The minimum Gasteiger partial charge on any atom is -0.394 e. The molecule has 1 fully saturated rings. The first kappa shape index (κ1) is 30.8. The molecule has 5 nitrogen and oxygen atoms in total. The van der Waals surface area contributed by atoms with Crippen molar-refractivity contribution in [1.29, 1.82) is 0 Å². The largest absolute Gasteiger partial charge is 0.394 e. The maximum absolute atomic E-state index is 13.0. The maximum Gasteiger partial charge on any atom is 0.243 e. The Balaban J connectivity index is 1.39. The van der Waals surface area contributed by atoms with Crippen molar-refractivity contribution in [1.82, 2.24) is 4.31 Å². The van der Waals surface area contributed by atoms with Crippen LogP contribution < -0.4 is 5.73 Å². The highest BCUT2D eigenvalue weighted by molar-refractivity contribution is 7.89. The van der Waals surface area contributed by atoms with Crippen LogP contribution in [0, 0.1) is 12.8 Å². The SMILES string of the molecule is CCCCCCCCc1ccc(CCC(N)(CO)CCC2CCN(S(=O)(=O)c3ccc(C)cc3)CC2)cc1. The molecule has 1 unspecified atom stereocenters. The van der Waals surface area contributed by atoms with E-state index in [4.69, 9.17) is 5.73 Å². The molecule has 3 rings (SSSR count). The van der Waals surface area contributed by atoms with E-state index in [0.717, 1.165) is 50.5 Å². The van der Waals surface area contributed by atoms with Gasteiger partial charge >= 0.3 is 0 Å². The molecule has 0 bridgehead atoms. The summed E-state index contributed by atoms with van der Waals surface area (Å²) in [6.07, 6.45) is 14.0. The highest BCUT2D eigenvalue weighted by atomic mass is 32.2. The molecule has 0 aromatic heterocycles. The second-order valence-electron chi connectivity index (χ2n) is 11.6. The topological polar surface area (TPSA) is 83.6 Å². The van der Waals surface area contributed by atoms with Crippen LogP contribution in [0.1, 0.15) is 94.2 Å². The molecule has 3 N–H and O–H groups in total. The predicted molar refractivity (Wildman–Crippen MR) is 158 cm³/mol. The minimum atomic E-state index is -3.43. The lowest BCUT2D eigenvalue weighted by molar-refractivity contribution is 0.161. The van der Waals surface area contributed by atoms with Gasteiger partial charge in [0.1, 0.15) is 0 Å². The van der Waals surface area contributed by atoms with E-state index in [1.807, 2.05) is 19.1 Å². The third kappa shape index (κ3) is 9.48. The van der Waals surface area contributed by atoms with E-state index in [0.29, 0.717) is 23.9 Å². The van der Waals surface area contributed by atoms with E-state index < -0.39 is 15.6 Å². The van der Waals surface area contributed by atoms with E-state index >= 15 is 0 Å². The van der Waals surface area contributed by atoms with E-state index in [-0.39, 0.29) is 6.61 Å². The number of unbranched alkanes of at least 4 members (excludes halogenated alkanes) is 5. The summed E-state index contributed by atoms with van der Waals surface area (Å²) in [5.41, 5.74) is 9.77. The summed E-state index contributed by atoms with van der Waals surface area (Å²) in [5, 5.41) is 10.1. The van der Waals surface area contributed by atoms with Gasteiger partial charge in [0.2, 0.25) is 10.0 Å². The Morgan fingerprint density at radius 1 is 0.868 bits per heavy atom. The zero-order valence-electron chi connectivity index (χ0n) is 23.7. The Morgan fingerprint density at radius 2 is 1.45 bits per heavy atom. The monoisotopic (exact) mass is 542 g/mol. The summed E-state index contributed by atoms with van der Waals surface area (Å²) >= 11 is 0. The minimum absolute atomic E-state index is 0.0240. The highest BCUT2D eigenvalue weighted by Crippen LogP contribution is 2.29. The van der Waals surface area contributed by atoms with Gasteiger partial charge in [-0.2, -0.15) is 4.31 Å². The number of nitrogens with two attached hydrogens (primary N) is 1. The number of piperidine rings is 1. The molecule has 1 atom stereocenters. The number of rotatable bonds is 16. The van der Waals surface area contributed by atoms with Crippen molar-refractivity contribution < 1.29 is 13.5 Å². The lowest BCUT2D eigenvalue weighted by atomic mass is 9.83. The summed E-state index contributed by atoms with van der Waals surface area (Å²) in [7, 11) is -3.43. The molecule has 6 heteroatoms. The smallest absolute Gasteiger partial charge is 0.243 e. The van der Waals surface area contributed by atoms with Crippen LogP contribution >= 0.6 is 0 Å². The molecule has 0 aliphatic carbocycles. The van der Waals surface area contributed by atoms with Crippen LogP contribution in [0.25, 0.3) is 0 Å². The zero-order valence-corrected chi connectivity index (χ0v) is 24.5. The summed E-state index contributed by atoms with van der Waals surface area (Å²) in [6.45, 7) is 5.28. The molecule has 2 aromatic rings. The molecule has 38 heavy (non-hydrogen) atoms. The van der Waals surface area contributed by atoms with Gasteiger partial charge in [-0.3, -0.25) is 0 Å². The van der Waals surface area contributed by atoms with Crippen LogP contribution in [0.5, 0.6) is 0 Å². The first-order chi connectivity index (χ1) is 18.3. The number of sulfonamides is 1. The normalized spacial score (nSPS) is 16.9. The van der Waals surface area contributed by atoms with Crippen molar-refractivity contribution in [3.63, 3.8) is 0 Å². The number of aliphatic hydroxyl groups is 1. The van der Waals surface area contributed by atoms with Crippen molar-refractivity contribution in [2.24, 2.45) is 11.7 Å². The maximum atomic E-state index is 13.0. The number of hydrogen-bond acceptors (Lipinski definition) is 4. The Kier molecular flexibility index (Phi) is 12.3. The second kappa shape index (κ2) is 15.2. The molecule has 1 heterocycles. The molecular formula is C32H50N2O3S. The van der Waals surface area contributed by atoms with Crippen molar-refractivity contribution in [2.75, 3.05) is 19.7 Å². The second-order valence-corrected chi connectivity index (χ2v) is 13.5. The van der Waals surface area contributed by atoms with Crippen LogP contribution in [-0.4, -0.2) is 43.1 Å². The molecule has 0 spiro atoms. The van der Waals surface area contributed by atoms with Gasteiger partial charge in [0.15, 0.2) is 0 Å². The molecule has 212 valence electrons. The van der Waals surface area contributed by atoms with E-state index in [2.05, 4.69) is 31.2 Å². The fourth-order valence-corrected chi connectivity index (χ4v) is 6.92. The van der Waals surface area contributed by atoms with Gasteiger partial charge in [0, 0.05) is 18.6 Å². The summed E-state index contributed by atoms with van der Waals surface area (Å²) < 4.78 is 27.6. The number of hydrogen-bond donors (Lipinski definition) is 2. The highest BCUT2D eigenvalue weighted by Gasteiger charge is 2.31. The van der Waals surface area contributed by atoms with Gasteiger partial charge in [0.25, 0.3) is 0 Å². The van der Waals surface area contributed by atoms with Gasteiger partial charge in [-0.05, 0) is 87.5 Å². The molecule has 0 saturated carbocycles. The van der Waals surface area contributed by atoms with Crippen LogP contribution in [0.3, 0.4) is 0 Å². The van der Waals surface area contributed by atoms with Crippen LogP contribution in [0.2, 0.25) is 0 Å². The number of nitrogens with zero attached hydrogens (tertiary/aromatic N) is 1. The first-order valence-corrected chi connectivity index (χ1v) is 16.2. The zero-order chi connectivity index (χ0) is 27.4. The lowest BCUT2D eigenvalue weighted by Gasteiger charge is -2.34. The van der Waals surface area contributed by atoms with E-state index in [1.165, 1.54) is 49.7 Å². The number of benzene rings is 2. The van der Waals surface area contributed by atoms with Crippen LogP contribution in [0.4, 0.5) is 0 Å². The Hall–Kier alpha value is -1.73. The van der Waals surface area contributed by atoms with Crippen LogP contribution in [-0.2, 0) is 22.9 Å². The number of aryl methyl sites for hydroxylation is 3. The van der Waals surface area contributed by atoms with Crippen molar-refractivity contribution in [3.8, 4) is 0 Å². The van der Waals surface area contributed by atoms with Gasteiger partial charge in [-0.15, -0.1) is 0 Å². The van der Waals surface area contributed by atoms with Gasteiger partial charge in [-0.25, -0.2) is 8.42 Å². The molecule has 1 aliphatic rings. The van der Waals surface area contributed by atoms with E-state index in [1.54, 1.807) is 16.4 Å². The van der Waals surface area contributed by atoms with Crippen molar-refractivity contribution >= 4 is 10.0 Å². The summed E-state index contributed by atoms with van der Waals surface area (Å²) in [4.78, 5) is 0.373. The molecule has 1 aliphatic heterocycles. The van der Waals surface area contributed by atoms with Gasteiger partial charge in [-0.1, -0.05) is 81.0 Å². The van der Waals surface area contributed by atoms with Gasteiger partial charge < -0.3 is 10.8 Å². The molecule has 2 aromatic carbocycles. The Bertz CT molecular complexity index is 1050. The standard InChI is InChI=1S/C32H50N2O3S/c1-3-4-5-6-7-8-9-28-12-14-29(15-13-28)18-22-32(33,26-35)23-19-30-20-24-34(25-21-30)38(36,37)31-16-10-27(2)11-17-31/h10-17,30,35H,3-9,18-26,33H2,1-2H3. The Morgan fingerprint density at radius 3 is 2.05 bits per heavy atom. The third-order valence-corrected chi connectivity index (χ3v) is 10.3. The molecular weight excluding hydrogens is 492 g/mol. The predicted octanol–water partition coefficient (Wildman–Crippen LogP) is 6.40. The van der Waals surface area contributed by atoms with Crippen LogP contribution in [0.15, 0.2) is 53.4 Å². The summed E-state index contributed by atoms with van der Waals surface area (Å²) in [5.74, 6) is 0.440. The third-order valence-electron chi connectivity index (χ3n) is 8.35. The lowest BCUT2D eigenvalue weighted by Crippen LogP contribution is -2.45. The first-order valence-electron chi connectivity index (χ1n) is 14.8. The number of aliphatic hydroxyl groups excluding tert-OH is 1. The molecule has 0 amide bonds. The fraction of sp³-hybridized carbons (Fsp3) is 0.625. The van der Waals surface area contributed by atoms with Crippen molar-refractivity contribution in [3.05, 3.63) is 65.2 Å². The van der Waals surface area contributed by atoms with Crippen molar-refractivity contribution in [2.45, 2.75) is 108 Å². The summed E-state index contributed by atoms with van der Waals surface area (Å²) in [6, 6.07) is 16.0. The molecule has 1 saturated heterocycles. The average molecular weight is 543 g/mol. The molecule has 0 radical (unpaired) electrons. The quantitative estimate of drug-likeness (QED) is 0.240. The fourth-order valence-electron chi connectivity index (χ4n) is 5.45. The Labute approximate surface area is 231 Å². The average Bonchev–Trinajstić information content (AvgIpc) is 2.94.